The molecule has 9 nitrogen and oxygen atoms in total. The van der Waals surface area contributed by atoms with Crippen LogP contribution in [0.2, 0.25) is 0 Å². The third-order valence-electron chi connectivity index (χ3n) is 8.49. The number of fused-ring (bicyclic) bond motifs is 2. The second kappa shape index (κ2) is 11.6. The molecule has 0 bridgehead atoms. The Kier molecular flexibility index (Phi) is 7.71. The number of likely N-dealkylation sites (tertiary alicyclic amines) is 1. The number of anilines is 2. The predicted octanol–water partition coefficient (Wildman–Crippen LogP) is 6.22. The summed E-state index contributed by atoms with van der Waals surface area (Å²) in [7, 11) is 0. The van der Waals surface area contributed by atoms with Crippen molar-refractivity contribution in [1.82, 2.24) is 14.9 Å². The predicted molar refractivity (Wildman–Crippen MR) is 174 cm³/mol. The molecule has 0 aliphatic carbocycles. The monoisotopic (exact) mass is 588 g/mol. The molecule has 0 atom stereocenters. The molecule has 224 valence electrons. The molecule has 1 aromatic heterocycles. The van der Waals surface area contributed by atoms with Crippen molar-refractivity contribution in [2.45, 2.75) is 52.4 Å². The van der Waals surface area contributed by atoms with E-state index in [0.717, 1.165) is 51.8 Å². The van der Waals surface area contributed by atoms with Gasteiger partial charge in [0.15, 0.2) is 0 Å². The van der Waals surface area contributed by atoms with Gasteiger partial charge in [0.05, 0.1) is 5.52 Å². The summed E-state index contributed by atoms with van der Waals surface area (Å²) in [5.74, 6) is 0.357. The van der Waals surface area contributed by atoms with Crippen molar-refractivity contribution in [3.8, 4) is 11.1 Å². The van der Waals surface area contributed by atoms with Gasteiger partial charge < -0.3 is 15.1 Å². The fourth-order valence-electron chi connectivity index (χ4n) is 6.08. The van der Waals surface area contributed by atoms with Crippen molar-refractivity contribution in [3.05, 3.63) is 77.5 Å². The topological polar surface area (TPSA) is 108 Å². The highest BCUT2D eigenvalue weighted by atomic mass is 16.2. The van der Waals surface area contributed by atoms with Gasteiger partial charge in [-0.05, 0) is 72.0 Å². The quantitative estimate of drug-likeness (QED) is 0.258. The molecule has 0 radical (unpaired) electrons. The van der Waals surface area contributed by atoms with Crippen molar-refractivity contribution in [2.75, 3.05) is 29.9 Å². The number of nitrogens with zero attached hydrogens (tertiary/aromatic N) is 5. The smallest absolute Gasteiger partial charge is 0.255 e. The van der Waals surface area contributed by atoms with E-state index in [-0.39, 0.29) is 23.1 Å². The Bertz CT molecular complexity index is 1830. The van der Waals surface area contributed by atoms with Crippen molar-refractivity contribution < 1.29 is 14.4 Å². The van der Waals surface area contributed by atoms with Gasteiger partial charge in [0.1, 0.15) is 0 Å². The lowest BCUT2D eigenvalue weighted by Crippen LogP contribution is -2.32. The zero-order valence-corrected chi connectivity index (χ0v) is 25.6. The molecule has 0 spiro atoms. The second-order valence-electron chi connectivity index (χ2n) is 12.2. The highest BCUT2D eigenvalue weighted by Gasteiger charge is 2.37. The molecule has 2 aliphatic rings. The number of carbonyl (C=O) groups excluding carboxylic acids is 3. The third-order valence-corrected chi connectivity index (χ3v) is 8.49. The van der Waals surface area contributed by atoms with Crippen molar-refractivity contribution in [3.63, 3.8) is 0 Å². The highest BCUT2D eigenvalue weighted by Crippen LogP contribution is 2.42. The van der Waals surface area contributed by atoms with Crippen LogP contribution in [0, 0.1) is 6.92 Å². The number of benzene rings is 3. The van der Waals surface area contributed by atoms with Gasteiger partial charge in [-0.3, -0.25) is 14.4 Å². The third kappa shape index (κ3) is 5.82. The fourth-order valence-corrected chi connectivity index (χ4v) is 6.08. The van der Waals surface area contributed by atoms with Crippen LogP contribution in [0.25, 0.3) is 22.0 Å². The average molecular weight is 589 g/mol. The van der Waals surface area contributed by atoms with Gasteiger partial charge in [0.25, 0.3) is 5.91 Å². The minimum Gasteiger partial charge on any atom is -0.342 e. The maximum atomic E-state index is 13.4. The Balaban J connectivity index is 1.18. The number of aliphatic imine (C=N–C) groups is 1. The van der Waals surface area contributed by atoms with Crippen molar-refractivity contribution >= 4 is 52.2 Å². The summed E-state index contributed by atoms with van der Waals surface area (Å²) < 4.78 is 0. The van der Waals surface area contributed by atoms with E-state index in [1.54, 1.807) is 24.2 Å². The summed E-state index contributed by atoms with van der Waals surface area (Å²) >= 11 is 0. The molecule has 44 heavy (non-hydrogen) atoms. The number of aryl methyl sites for hydroxylation is 1. The summed E-state index contributed by atoms with van der Waals surface area (Å²) in [6.07, 6.45) is 5.76. The molecule has 3 amide bonds. The molecule has 4 aromatic rings. The Morgan fingerprint density at radius 3 is 2.70 bits per heavy atom. The van der Waals surface area contributed by atoms with Crippen molar-refractivity contribution in [2.24, 2.45) is 4.99 Å². The molecule has 0 unspecified atom stereocenters. The number of hydrogen-bond donors (Lipinski definition) is 1. The van der Waals surface area contributed by atoms with Gasteiger partial charge in [-0.2, -0.15) is 0 Å². The largest absolute Gasteiger partial charge is 0.342 e. The summed E-state index contributed by atoms with van der Waals surface area (Å²) in [6.45, 7) is 9.93. The lowest BCUT2D eigenvalue weighted by molar-refractivity contribution is -0.127. The van der Waals surface area contributed by atoms with Crippen LogP contribution in [-0.2, 0) is 15.0 Å². The van der Waals surface area contributed by atoms with Crippen LogP contribution in [0.3, 0.4) is 0 Å². The van der Waals surface area contributed by atoms with E-state index in [1.165, 1.54) is 0 Å². The van der Waals surface area contributed by atoms with Crippen LogP contribution in [0.4, 0.5) is 17.3 Å². The standard InChI is InChI=1S/C35H36N6O3/c1-22-8-9-25(33(44)38-27-11-12-29-31(19-27)41(23(2)42)21-35(29,3)4)18-28(22)24-10-13-30-26(17-24)20-37-34(39-30)36-14-6-16-40-15-5-7-32(40)43/h8-14,17-20H,5-7,15-16,21H2,1-4H3,(H,38,44)/b36-14-. The lowest BCUT2D eigenvalue weighted by Gasteiger charge is -2.19. The zero-order chi connectivity index (χ0) is 31.0. The normalized spacial score (nSPS) is 15.8. The lowest BCUT2D eigenvalue weighted by atomic mass is 9.87. The first-order valence-electron chi connectivity index (χ1n) is 15.0. The van der Waals surface area contributed by atoms with E-state index >= 15 is 0 Å². The molecule has 2 aliphatic heterocycles. The highest BCUT2D eigenvalue weighted by molar-refractivity contribution is 6.06. The fraction of sp³-hybridized carbons (Fsp3) is 0.314. The summed E-state index contributed by atoms with van der Waals surface area (Å²) in [5.41, 5.74) is 6.68. The van der Waals surface area contributed by atoms with Gasteiger partial charge in [-0.15, -0.1) is 0 Å². The Morgan fingerprint density at radius 1 is 1.09 bits per heavy atom. The molecule has 6 rings (SSSR count). The van der Waals surface area contributed by atoms with Crippen LogP contribution in [0.5, 0.6) is 0 Å². The molecule has 1 fully saturated rings. The molecular weight excluding hydrogens is 552 g/mol. The van der Waals surface area contributed by atoms with Crippen molar-refractivity contribution in [1.29, 1.82) is 0 Å². The van der Waals surface area contributed by atoms with Crippen LogP contribution in [0.15, 0.2) is 65.8 Å². The second-order valence-corrected chi connectivity index (χ2v) is 12.2. The van der Waals surface area contributed by atoms with E-state index in [1.807, 2.05) is 66.4 Å². The summed E-state index contributed by atoms with van der Waals surface area (Å²) in [5, 5.41) is 3.89. The molecular formula is C35H36N6O3. The Hall–Kier alpha value is -4.92. The van der Waals surface area contributed by atoms with E-state index in [4.69, 9.17) is 0 Å². The van der Waals surface area contributed by atoms with Gasteiger partial charge in [0, 0.05) is 79.6 Å². The Morgan fingerprint density at radius 2 is 1.93 bits per heavy atom. The van der Waals surface area contributed by atoms with E-state index in [9.17, 15) is 14.4 Å². The SMILES string of the molecule is CC(=O)N1CC(C)(C)c2ccc(NC(=O)c3ccc(C)c(-c4ccc5nc(/N=C\CCN6CCCC6=O)ncc5c4)c3)cc21. The first-order valence-corrected chi connectivity index (χ1v) is 15.0. The number of carbonyl (C=O) groups is 3. The molecule has 1 N–H and O–H groups in total. The Labute approximate surface area is 257 Å². The number of amides is 3. The number of nitrogens with one attached hydrogen (secondary N) is 1. The van der Waals surface area contributed by atoms with E-state index in [2.05, 4.69) is 34.1 Å². The van der Waals surface area contributed by atoms with Crippen LogP contribution in [0.1, 0.15) is 61.5 Å². The first-order chi connectivity index (χ1) is 21.1. The molecule has 3 aromatic carbocycles. The van der Waals surface area contributed by atoms with Crippen LogP contribution < -0.4 is 10.2 Å². The van der Waals surface area contributed by atoms with E-state index in [0.29, 0.717) is 43.1 Å². The average Bonchev–Trinajstić information content (AvgIpc) is 3.53. The number of hydrogen-bond acceptors (Lipinski definition) is 6. The molecule has 9 heteroatoms. The van der Waals surface area contributed by atoms with E-state index < -0.39 is 0 Å². The maximum absolute atomic E-state index is 13.4. The maximum Gasteiger partial charge on any atom is 0.255 e. The first kappa shape index (κ1) is 29.2. The molecule has 3 heterocycles. The summed E-state index contributed by atoms with van der Waals surface area (Å²) in [4.78, 5) is 54.4. The van der Waals surface area contributed by atoms with Gasteiger partial charge in [-0.25, -0.2) is 15.0 Å². The number of aromatic nitrogens is 2. The van der Waals surface area contributed by atoms with Gasteiger partial charge in [0.2, 0.25) is 17.8 Å². The number of rotatable bonds is 7. The van der Waals surface area contributed by atoms with Gasteiger partial charge in [-0.1, -0.05) is 32.0 Å². The van der Waals surface area contributed by atoms with Gasteiger partial charge >= 0.3 is 0 Å². The molecule has 1 saturated heterocycles. The summed E-state index contributed by atoms with van der Waals surface area (Å²) in [6, 6.07) is 17.4. The minimum atomic E-state index is -0.224. The van der Waals surface area contributed by atoms with Crippen LogP contribution in [-0.4, -0.2) is 58.4 Å². The minimum absolute atomic E-state index is 0.0140. The van der Waals surface area contributed by atoms with Crippen LogP contribution >= 0.6 is 0 Å². The molecule has 0 saturated carbocycles. The zero-order valence-electron chi connectivity index (χ0n) is 25.6.